The van der Waals surface area contributed by atoms with E-state index in [9.17, 15) is 9.59 Å². The van der Waals surface area contributed by atoms with Crippen LogP contribution in [0.15, 0.2) is 60.7 Å². The lowest BCUT2D eigenvalue weighted by atomic mass is 9.96. The third kappa shape index (κ3) is 7.98. The molecule has 0 aliphatic rings. The summed E-state index contributed by atoms with van der Waals surface area (Å²) >= 11 is 0. The van der Waals surface area contributed by atoms with Crippen molar-refractivity contribution in [1.29, 1.82) is 0 Å². The minimum atomic E-state index is -0.675. The van der Waals surface area contributed by atoms with E-state index in [1.54, 1.807) is 32.4 Å². The van der Waals surface area contributed by atoms with Crippen molar-refractivity contribution >= 4 is 11.8 Å². The molecule has 3 aromatic carbocycles. The predicted molar refractivity (Wildman–Crippen MR) is 147 cm³/mol. The zero-order valence-electron chi connectivity index (χ0n) is 22.5. The van der Waals surface area contributed by atoms with Gasteiger partial charge in [-0.3, -0.25) is 9.59 Å². The van der Waals surface area contributed by atoms with E-state index in [-0.39, 0.29) is 12.5 Å². The van der Waals surface area contributed by atoms with E-state index < -0.39 is 18.0 Å². The molecule has 2 atom stereocenters. The molecule has 38 heavy (non-hydrogen) atoms. The van der Waals surface area contributed by atoms with E-state index in [0.29, 0.717) is 23.7 Å². The molecule has 0 bridgehead atoms. The SMILES string of the molecule is COc1ccc(C(NC(=O)[C@@H](N)CCCc2cc(C)cc(C)c2)c2ccc(OCC(N)=O)cc2)c(OC)c1. The molecule has 8 heteroatoms. The van der Waals surface area contributed by atoms with E-state index in [1.807, 2.05) is 24.3 Å². The van der Waals surface area contributed by atoms with Gasteiger partial charge in [0.15, 0.2) is 6.61 Å². The summed E-state index contributed by atoms with van der Waals surface area (Å²) in [6.45, 7) is 3.95. The van der Waals surface area contributed by atoms with Gasteiger partial charge in [-0.15, -0.1) is 0 Å². The van der Waals surface area contributed by atoms with Gasteiger partial charge in [0.05, 0.1) is 26.3 Å². The second kappa shape index (κ2) is 13.5. The second-order valence-corrected chi connectivity index (χ2v) is 9.37. The average molecular weight is 520 g/mol. The molecule has 0 saturated heterocycles. The third-order valence-corrected chi connectivity index (χ3v) is 6.23. The van der Waals surface area contributed by atoms with Crippen molar-refractivity contribution in [1.82, 2.24) is 5.32 Å². The Balaban J connectivity index is 1.77. The van der Waals surface area contributed by atoms with Crippen molar-refractivity contribution in [3.8, 4) is 17.2 Å². The lowest BCUT2D eigenvalue weighted by molar-refractivity contribution is -0.123. The zero-order chi connectivity index (χ0) is 27.7. The van der Waals surface area contributed by atoms with Gasteiger partial charge in [0.25, 0.3) is 5.91 Å². The van der Waals surface area contributed by atoms with Crippen LogP contribution in [0.3, 0.4) is 0 Å². The smallest absolute Gasteiger partial charge is 0.255 e. The number of methoxy groups -OCH3 is 2. The third-order valence-electron chi connectivity index (χ3n) is 6.23. The largest absolute Gasteiger partial charge is 0.497 e. The summed E-state index contributed by atoms with van der Waals surface area (Å²) in [6.07, 6.45) is 2.19. The van der Waals surface area contributed by atoms with Crippen molar-refractivity contribution in [3.05, 3.63) is 88.5 Å². The average Bonchev–Trinajstić information content (AvgIpc) is 2.89. The maximum atomic E-state index is 13.2. The standard InChI is InChI=1S/C30H37N3O5/c1-19-14-20(2)16-21(15-19)6-5-7-26(31)30(35)33-29(25-13-12-24(36-3)17-27(25)37-4)22-8-10-23(11-9-22)38-18-28(32)34/h8-17,26,29H,5-7,18,31H2,1-4H3,(H2,32,34)(H,33,35)/t26-,29?/m0/s1. The molecule has 0 spiro atoms. The quantitative estimate of drug-likeness (QED) is 0.316. The minimum Gasteiger partial charge on any atom is -0.497 e. The molecule has 5 N–H and O–H groups in total. The summed E-state index contributed by atoms with van der Waals surface area (Å²) in [5.41, 5.74) is 16.7. The molecule has 2 amide bonds. The van der Waals surface area contributed by atoms with Gasteiger partial charge in [-0.2, -0.15) is 0 Å². The zero-order valence-corrected chi connectivity index (χ0v) is 22.5. The molecule has 0 aliphatic heterocycles. The molecule has 0 saturated carbocycles. The monoisotopic (exact) mass is 519 g/mol. The molecule has 202 valence electrons. The Morgan fingerprint density at radius 2 is 1.55 bits per heavy atom. The number of ether oxygens (including phenoxy) is 3. The van der Waals surface area contributed by atoms with E-state index in [4.69, 9.17) is 25.7 Å². The number of primary amides is 1. The molecule has 8 nitrogen and oxygen atoms in total. The highest BCUT2D eigenvalue weighted by molar-refractivity contribution is 5.82. The van der Waals surface area contributed by atoms with Crippen molar-refractivity contribution < 1.29 is 23.8 Å². The van der Waals surface area contributed by atoms with Gasteiger partial charge in [0.2, 0.25) is 5.91 Å². The first-order chi connectivity index (χ1) is 18.2. The van der Waals surface area contributed by atoms with Crippen LogP contribution >= 0.6 is 0 Å². The maximum Gasteiger partial charge on any atom is 0.255 e. The van der Waals surface area contributed by atoms with Gasteiger partial charge in [0, 0.05) is 11.6 Å². The van der Waals surface area contributed by atoms with Crippen molar-refractivity contribution in [2.24, 2.45) is 11.5 Å². The van der Waals surface area contributed by atoms with Crippen LogP contribution < -0.4 is 31.0 Å². The Morgan fingerprint density at radius 1 is 0.895 bits per heavy atom. The van der Waals surface area contributed by atoms with Gasteiger partial charge in [-0.1, -0.05) is 41.5 Å². The molecular formula is C30H37N3O5. The Kier molecular flexibility index (Phi) is 10.1. The Morgan fingerprint density at radius 3 is 2.16 bits per heavy atom. The van der Waals surface area contributed by atoms with Crippen molar-refractivity contribution in [2.45, 2.75) is 45.2 Å². The highest BCUT2D eigenvalue weighted by atomic mass is 16.5. The van der Waals surface area contributed by atoms with Crippen LogP contribution in [0.1, 0.15) is 46.7 Å². The van der Waals surface area contributed by atoms with E-state index in [1.165, 1.54) is 16.7 Å². The summed E-state index contributed by atoms with van der Waals surface area (Å²) in [7, 11) is 3.15. The molecule has 0 fully saturated rings. The number of aryl methyl sites for hydroxylation is 3. The molecule has 0 aliphatic carbocycles. The van der Waals surface area contributed by atoms with Crippen molar-refractivity contribution in [2.75, 3.05) is 20.8 Å². The fourth-order valence-corrected chi connectivity index (χ4v) is 4.43. The number of amides is 2. The van der Waals surface area contributed by atoms with E-state index in [2.05, 4.69) is 37.4 Å². The normalized spacial score (nSPS) is 12.3. The topological polar surface area (TPSA) is 126 Å². The Labute approximate surface area is 224 Å². The van der Waals surface area contributed by atoms with Crippen LogP contribution in [0, 0.1) is 13.8 Å². The fraction of sp³-hybridized carbons (Fsp3) is 0.333. The maximum absolute atomic E-state index is 13.2. The van der Waals surface area contributed by atoms with Crippen LogP contribution in [-0.2, 0) is 16.0 Å². The first-order valence-electron chi connectivity index (χ1n) is 12.6. The van der Waals surface area contributed by atoms with Crippen LogP contribution in [0.2, 0.25) is 0 Å². The van der Waals surface area contributed by atoms with Crippen LogP contribution in [-0.4, -0.2) is 38.7 Å². The molecule has 1 unspecified atom stereocenters. The van der Waals surface area contributed by atoms with Crippen LogP contribution in [0.25, 0.3) is 0 Å². The number of carbonyl (C=O) groups excluding carboxylic acids is 2. The summed E-state index contributed by atoms with van der Waals surface area (Å²) in [4.78, 5) is 24.3. The summed E-state index contributed by atoms with van der Waals surface area (Å²) in [5.74, 6) is 0.861. The number of carbonyl (C=O) groups is 2. The van der Waals surface area contributed by atoms with Gasteiger partial charge >= 0.3 is 0 Å². The van der Waals surface area contributed by atoms with E-state index >= 15 is 0 Å². The summed E-state index contributed by atoms with van der Waals surface area (Å²) < 4.78 is 16.3. The first-order valence-corrected chi connectivity index (χ1v) is 12.6. The van der Waals surface area contributed by atoms with Crippen molar-refractivity contribution in [3.63, 3.8) is 0 Å². The van der Waals surface area contributed by atoms with Gasteiger partial charge < -0.3 is 31.0 Å². The van der Waals surface area contributed by atoms with E-state index in [0.717, 1.165) is 24.0 Å². The predicted octanol–water partition coefficient (Wildman–Crippen LogP) is 3.74. The van der Waals surface area contributed by atoms with Crippen LogP contribution in [0.4, 0.5) is 0 Å². The molecule has 0 radical (unpaired) electrons. The molecular weight excluding hydrogens is 482 g/mol. The number of hydrogen-bond acceptors (Lipinski definition) is 6. The molecule has 0 aromatic heterocycles. The number of nitrogens with one attached hydrogen (secondary N) is 1. The number of rotatable bonds is 13. The fourth-order valence-electron chi connectivity index (χ4n) is 4.43. The summed E-state index contributed by atoms with van der Waals surface area (Å²) in [6, 6.07) is 17.8. The Bertz CT molecular complexity index is 1220. The van der Waals surface area contributed by atoms with Gasteiger partial charge in [-0.05, 0) is 68.5 Å². The number of nitrogens with two attached hydrogens (primary N) is 2. The second-order valence-electron chi connectivity index (χ2n) is 9.37. The van der Waals surface area contributed by atoms with Gasteiger partial charge in [-0.25, -0.2) is 0 Å². The first kappa shape index (κ1) is 28.5. The van der Waals surface area contributed by atoms with Crippen LogP contribution in [0.5, 0.6) is 17.2 Å². The summed E-state index contributed by atoms with van der Waals surface area (Å²) in [5, 5.41) is 3.10. The molecule has 3 aromatic rings. The molecule has 3 rings (SSSR count). The highest BCUT2D eigenvalue weighted by Gasteiger charge is 2.24. The number of benzene rings is 3. The lowest BCUT2D eigenvalue weighted by Crippen LogP contribution is -2.42. The minimum absolute atomic E-state index is 0.219. The Hall–Kier alpha value is -4.04. The molecule has 0 heterocycles. The number of hydrogen-bond donors (Lipinski definition) is 3. The lowest BCUT2D eigenvalue weighted by Gasteiger charge is -2.24. The highest BCUT2D eigenvalue weighted by Crippen LogP contribution is 2.34. The van der Waals surface area contributed by atoms with Gasteiger partial charge in [0.1, 0.15) is 17.2 Å².